The lowest BCUT2D eigenvalue weighted by Gasteiger charge is -2.43. The second kappa shape index (κ2) is 15.8. The van der Waals surface area contributed by atoms with Crippen molar-refractivity contribution in [2.24, 2.45) is 5.73 Å². The molecule has 0 spiro atoms. The lowest BCUT2D eigenvalue weighted by atomic mass is 9.79. The van der Waals surface area contributed by atoms with E-state index in [1.54, 1.807) is 6.07 Å². The molecule has 216 valence electrons. The number of nitrogens with two attached hydrogens (primary N) is 1. The third-order valence-electron chi connectivity index (χ3n) is 8.33. The normalized spacial score (nSPS) is 17.9. The number of fused-ring (bicyclic) bond motifs is 1. The highest BCUT2D eigenvalue weighted by Gasteiger charge is 2.35. The first-order valence-corrected chi connectivity index (χ1v) is 15.1. The first-order chi connectivity index (χ1) is 19.6. The Kier molecular flexibility index (Phi) is 11.9. The van der Waals surface area contributed by atoms with Crippen LogP contribution in [0.15, 0.2) is 72.8 Å². The molecule has 40 heavy (non-hydrogen) atoms. The summed E-state index contributed by atoms with van der Waals surface area (Å²) in [6.07, 6.45) is 5.77. The van der Waals surface area contributed by atoms with Crippen LogP contribution < -0.4 is 21.7 Å². The van der Waals surface area contributed by atoms with Gasteiger partial charge >= 0.3 is 0 Å². The van der Waals surface area contributed by atoms with Gasteiger partial charge in [0.1, 0.15) is 5.75 Å². The Morgan fingerprint density at radius 2 is 1.75 bits per heavy atom. The van der Waals surface area contributed by atoms with Gasteiger partial charge in [0.25, 0.3) is 0 Å². The molecule has 0 fully saturated rings. The molecule has 6 heteroatoms. The van der Waals surface area contributed by atoms with E-state index in [0.29, 0.717) is 30.8 Å². The van der Waals surface area contributed by atoms with Gasteiger partial charge in [0.05, 0.1) is 0 Å². The average molecular weight is 544 g/mol. The predicted octanol–water partition coefficient (Wildman–Crippen LogP) is 5.75. The molecule has 4 rings (SSSR count). The van der Waals surface area contributed by atoms with Crippen LogP contribution in [0.3, 0.4) is 0 Å². The van der Waals surface area contributed by atoms with Gasteiger partial charge in [-0.2, -0.15) is 0 Å². The second-order valence-electron chi connectivity index (χ2n) is 11.1. The van der Waals surface area contributed by atoms with Crippen LogP contribution in [-0.4, -0.2) is 49.3 Å². The maximum absolute atomic E-state index is 10.3. The molecule has 0 radical (unpaired) electrons. The zero-order valence-corrected chi connectivity index (χ0v) is 24.4. The van der Waals surface area contributed by atoms with Crippen molar-refractivity contribution in [1.29, 1.82) is 0 Å². The SMILES string of the molecule is CCCCNc1ccc(C2C(CNCc3ccccc3O)c3ccccc3CN2CCCCC(CN)NC)cc1. The fourth-order valence-corrected chi connectivity index (χ4v) is 5.98. The van der Waals surface area contributed by atoms with E-state index < -0.39 is 0 Å². The fraction of sp³-hybridized carbons (Fsp3) is 0.471. The summed E-state index contributed by atoms with van der Waals surface area (Å²) < 4.78 is 0. The van der Waals surface area contributed by atoms with E-state index in [2.05, 4.69) is 76.3 Å². The Morgan fingerprint density at radius 1 is 0.975 bits per heavy atom. The summed E-state index contributed by atoms with van der Waals surface area (Å²) in [7, 11) is 2.00. The number of benzene rings is 3. The number of para-hydroxylation sites is 1. The van der Waals surface area contributed by atoms with Crippen LogP contribution >= 0.6 is 0 Å². The van der Waals surface area contributed by atoms with Crippen LogP contribution in [0.25, 0.3) is 0 Å². The molecule has 0 saturated heterocycles. The van der Waals surface area contributed by atoms with Crippen molar-refractivity contribution in [2.75, 3.05) is 38.5 Å². The van der Waals surface area contributed by atoms with Crippen molar-refractivity contribution in [3.8, 4) is 5.75 Å². The minimum absolute atomic E-state index is 0.270. The van der Waals surface area contributed by atoms with Crippen molar-refractivity contribution in [1.82, 2.24) is 15.5 Å². The molecule has 3 unspecified atom stereocenters. The lowest BCUT2D eigenvalue weighted by Crippen LogP contribution is -2.41. The number of nitrogens with zero attached hydrogens (tertiary/aromatic N) is 1. The number of hydrogen-bond acceptors (Lipinski definition) is 6. The topological polar surface area (TPSA) is 85.6 Å². The molecule has 1 aliphatic rings. The molecule has 3 aromatic rings. The molecular weight excluding hydrogens is 494 g/mol. The van der Waals surface area contributed by atoms with E-state index in [0.717, 1.165) is 51.0 Å². The molecule has 6 nitrogen and oxygen atoms in total. The molecule has 0 saturated carbocycles. The molecule has 3 aromatic carbocycles. The standard InChI is InChI=1S/C34H49N5O/c1-3-4-20-38-29-18-16-26(17-19-29)34-32(24-37-23-27-11-6-8-15-33(27)40)31-14-7-5-12-28(31)25-39(34)21-10-9-13-30(22-35)36-2/h5-8,11-12,14-19,30,32,34,36-38,40H,3-4,9-10,13,20-25,35H2,1-2H3. The molecular formula is C34H49N5O. The number of hydrogen-bond donors (Lipinski definition) is 5. The van der Waals surface area contributed by atoms with Crippen LogP contribution in [0.2, 0.25) is 0 Å². The first-order valence-electron chi connectivity index (χ1n) is 15.1. The lowest BCUT2D eigenvalue weighted by molar-refractivity contribution is 0.139. The Balaban J connectivity index is 1.56. The third kappa shape index (κ3) is 8.07. The Hall–Kier alpha value is -2.90. The van der Waals surface area contributed by atoms with Crippen LogP contribution in [0, 0.1) is 0 Å². The molecule has 1 aliphatic heterocycles. The summed E-state index contributed by atoms with van der Waals surface area (Å²) in [5.74, 6) is 0.643. The minimum Gasteiger partial charge on any atom is -0.508 e. The average Bonchev–Trinajstić information content (AvgIpc) is 2.98. The molecule has 0 aromatic heterocycles. The van der Waals surface area contributed by atoms with E-state index in [4.69, 9.17) is 5.73 Å². The number of likely N-dealkylation sites (N-methyl/N-ethyl adjacent to an activating group) is 1. The summed E-state index contributed by atoms with van der Waals surface area (Å²) in [4.78, 5) is 2.69. The monoisotopic (exact) mass is 543 g/mol. The van der Waals surface area contributed by atoms with Gasteiger partial charge < -0.3 is 26.8 Å². The number of unbranched alkanes of at least 4 members (excludes halogenated alkanes) is 2. The summed E-state index contributed by atoms with van der Waals surface area (Å²) in [5, 5.41) is 20.9. The van der Waals surface area contributed by atoms with E-state index in [9.17, 15) is 5.11 Å². The van der Waals surface area contributed by atoms with Crippen molar-refractivity contribution in [3.05, 3.63) is 95.1 Å². The summed E-state index contributed by atoms with van der Waals surface area (Å²) >= 11 is 0. The van der Waals surface area contributed by atoms with Crippen molar-refractivity contribution < 1.29 is 5.11 Å². The highest BCUT2D eigenvalue weighted by Crippen LogP contribution is 2.43. The van der Waals surface area contributed by atoms with Gasteiger partial charge in [-0.25, -0.2) is 0 Å². The van der Waals surface area contributed by atoms with Gasteiger partial charge in [-0.3, -0.25) is 4.90 Å². The van der Waals surface area contributed by atoms with Crippen molar-refractivity contribution in [3.63, 3.8) is 0 Å². The highest BCUT2D eigenvalue weighted by atomic mass is 16.3. The Labute approximate surface area is 241 Å². The van der Waals surface area contributed by atoms with Gasteiger partial charge in [0.15, 0.2) is 0 Å². The number of nitrogens with one attached hydrogen (secondary N) is 3. The van der Waals surface area contributed by atoms with Crippen LogP contribution in [0.4, 0.5) is 5.69 Å². The van der Waals surface area contributed by atoms with E-state index >= 15 is 0 Å². The maximum atomic E-state index is 10.3. The van der Waals surface area contributed by atoms with Crippen LogP contribution in [0.5, 0.6) is 5.75 Å². The Morgan fingerprint density at radius 3 is 2.50 bits per heavy atom. The van der Waals surface area contributed by atoms with Gasteiger partial charge in [-0.15, -0.1) is 0 Å². The largest absolute Gasteiger partial charge is 0.508 e. The smallest absolute Gasteiger partial charge is 0.120 e. The van der Waals surface area contributed by atoms with Crippen molar-refractivity contribution >= 4 is 5.69 Å². The number of aromatic hydroxyl groups is 1. The predicted molar refractivity (Wildman–Crippen MR) is 168 cm³/mol. The van der Waals surface area contributed by atoms with Crippen molar-refractivity contribution in [2.45, 2.75) is 70.1 Å². The number of anilines is 1. The molecule has 3 atom stereocenters. The highest BCUT2D eigenvalue weighted by molar-refractivity contribution is 5.46. The summed E-state index contributed by atoms with van der Waals surface area (Å²) in [6.45, 7) is 7.39. The number of rotatable bonds is 16. The first kappa shape index (κ1) is 30.1. The summed E-state index contributed by atoms with van der Waals surface area (Å²) in [6, 6.07) is 26.3. The summed E-state index contributed by atoms with van der Waals surface area (Å²) in [5.41, 5.74) is 12.3. The molecule has 6 N–H and O–H groups in total. The zero-order chi connectivity index (χ0) is 28.2. The maximum Gasteiger partial charge on any atom is 0.120 e. The van der Waals surface area contributed by atoms with Gasteiger partial charge in [-0.05, 0) is 67.7 Å². The van der Waals surface area contributed by atoms with Crippen LogP contribution in [0.1, 0.15) is 73.2 Å². The van der Waals surface area contributed by atoms with Gasteiger partial charge in [0, 0.05) is 62.0 Å². The quantitative estimate of drug-likeness (QED) is 0.148. The number of phenols is 1. The molecule has 1 heterocycles. The van der Waals surface area contributed by atoms with E-state index in [1.807, 2.05) is 25.2 Å². The molecule has 0 amide bonds. The van der Waals surface area contributed by atoms with E-state index in [1.165, 1.54) is 35.2 Å². The van der Waals surface area contributed by atoms with Crippen LogP contribution in [-0.2, 0) is 13.1 Å². The van der Waals surface area contributed by atoms with Gasteiger partial charge in [-0.1, -0.05) is 74.4 Å². The van der Waals surface area contributed by atoms with Gasteiger partial charge in [0.2, 0.25) is 0 Å². The second-order valence-corrected chi connectivity index (χ2v) is 11.1. The molecule has 0 bridgehead atoms. The van der Waals surface area contributed by atoms with E-state index in [-0.39, 0.29) is 6.04 Å². The third-order valence-corrected chi connectivity index (χ3v) is 8.33. The zero-order valence-electron chi connectivity index (χ0n) is 24.4. The molecule has 0 aliphatic carbocycles. The number of phenolic OH excluding ortho intramolecular Hbond substituents is 1. The Bertz CT molecular complexity index is 1150. The fourth-order valence-electron chi connectivity index (χ4n) is 5.98. The minimum atomic E-state index is 0.270.